The fourth-order valence-corrected chi connectivity index (χ4v) is 3.27. The maximum absolute atomic E-state index is 13.0. The molecular formula is C14H20FN3OS. The number of hydrogen-bond acceptors (Lipinski definition) is 4. The number of thioether (sulfide) groups is 1. The van der Waals surface area contributed by atoms with Crippen molar-refractivity contribution in [3.63, 3.8) is 0 Å². The molecule has 1 aromatic carbocycles. The maximum atomic E-state index is 13.0. The van der Waals surface area contributed by atoms with Crippen LogP contribution in [0.4, 0.5) is 15.8 Å². The van der Waals surface area contributed by atoms with Crippen LogP contribution in [-0.4, -0.2) is 41.4 Å². The Morgan fingerprint density at radius 1 is 1.60 bits per heavy atom. The zero-order valence-corrected chi connectivity index (χ0v) is 12.4. The molecule has 0 saturated carbocycles. The third-order valence-electron chi connectivity index (χ3n) is 3.41. The summed E-state index contributed by atoms with van der Waals surface area (Å²) in [6, 6.07) is 4.73. The van der Waals surface area contributed by atoms with Crippen molar-refractivity contribution in [3.8, 4) is 0 Å². The third-order valence-corrected chi connectivity index (χ3v) is 4.60. The standard InChI is InChI=1S/C14H20FN3OS/c1-10-9-20-7-6-18(10)5-4-14(19)17-11-2-3-12(15)13(16)8-11/h2-3,8,10H,4-7,9,16H2,1H3,(H,17,19). The molecule has 1 unspecified atom stereocenters. The quantitative estimate of drug-likeness (QED) is 0.836. The van der Waals surface area contributed by atoms with E-state index in [1.54, 1.807) is 0 Å². The SMILES string of the molecule is CC1CSCCN1CCC(=O)Nc1ccc(F)c(N)c1. The summed E-state index contributed by atoms with van der Waals surface area (Å²) in [7, 11) is 0. The summed E-state index contributed by atoms with van der Waals surface area (Å²) in [6.45, 7) is 3.97. The molecule has 1 atom stereocenters. The molecule has 0 spiro atoms. The number of carbonyl (C=O) groups excluding carboxylic acids is 1. The van der Waals surface area contributed by atoms with E-state index in [-0.39, 0.29) is 11.6 Å². The van der Waals surface area contributed by atoms with E-state index in [1.165, 1.54) is 18.2 Å². The predicted octanol–water partition coefficient (Wildman–Crippen LogP) is 2.17. The summed E-state index contributed by atoms with van der Waals surface area (Å²) in [4.78, 5) is 14.2. The maximum Gasteiger partial charge on any atom is 0.225 e. The van der Waals surface area contributed by atoms with Crippen LogP contribution in [0.3, 0.4) is 0 Å². The first kappa shape index (κ1) is 15.1. The van der Waals surface area contributed by atoms with Gasteiger partial charge in [-0.05, 0) is 25.1 Å². The van der Waals surface area contributed by atoms with Gasteiger partial charge < -0.3 is 11.1 Å². The highest BCUT2D eigenvalue weighted by Crippen LogP contribution is 2.18. The molecule has 4 nitrogen and oxygen atoms in total. The lowest BCUT2D eigenvalue weighted by Gasteiger charge is -2.32. The Labute approximate surface area is 122 Å². The van der Waals surface area contributed by atoms with Gasteiger partial charge in [-0.25, -0.2) is 4.39 Å². The average Bonchev–Trinajstić information content (AvgIpc) is 2.42. The van der Waals surface area contributed by atoms with Crippen molar-refractivity contribution in [2.45, 2.75) is 19.4 Å². The average molecular weight is 297 g/mol. The van der Waals surface area contributed by atoms with Gasteiger partial charge in [0.2, 0.25) is 5.91 Å². The molecule has 2 rings (SSSR count). The summed E-state index contributed by atoms with van der Waals surface area (Å²) in [5, 5.41) is 2.75. The smallest absolute Gasteiger partial charge is 0.225 e. The van der Waals surface area contributed by atoms with Gasteiger partial charge in [0, 0.05) is 42.7 Å². The third kappa shape index (κ3) is 4.11. The highest BCUT2D eigenvalue weighted by Gasteiger charge is 2.19. The highest BCUT2D eigenvalue weighted by molar-refractivity contribution is 7.99. The van der Waals surface area contributed by atoms with E-state index in [0.717, 1.165) is 24.6 Å². The van der Waals surface area contributed by atoms with Crippen LogP contribution in [0.1, 0.15) is 13.3 Å². The fraction of sp³-hybridized carbons (Fsp3) is 0.500. The van der Waals surface area contributed by atoms with Crippen molar-refractivity contribution in [1.29, 1.82) is 0 Å². The molecule has 1 fully saturated rings. The van der Waals surface area contributed by atoms with Crippen molar-refractivity contribution in [2.24, 2.45) is 0 Å². The summed E-state index contributed by atoms with van der Waals surface area (Å²) in [5.41, 5.74) is 6.05. The summed E-state index contributed by atoms with van der Waals surface area (Å²) >= 11 is 1.95. The Kier molecular flexibility index (Phi) is 5.25. The number of anilines is 2. The Balaban J connectivity index is 1.81. The van der Waals surface area contributed by atoms with E-state index < -0.39 is 5.82 Å². The van der Waals surface area contributed by atoms with Gasteiger partial charge in [-0.1, -0.05) is 0 Å². The molecule has 110 valence electrons. The van der Waals surface area contributed by atoms with E-state index in [0.29, 0.717) is 18.2 Å². The Bertz CT molecular complexity index is 483. The van der Waals surface area contributed by atoms with Crippen molar-refractivity contribution in [3.05, 3.63) is 24.0 Å². The number of nitrogens with zero attached hydrogens (tertiary/aromatic N) is 1. The topological polar surface area (TPSA) is 58.4 Å². The monoisotopic (exact) mass is 297 g/mol. The molecule has 6 heteroatoms. The lowest BCUT2D eigenvalue weighted by Crippen LogP contribution is -2.41. The van der Waals surface area contributed by atoms with Crippen LogP contribution in [0.5, 0.6) is 0 Å². The number of nitrogens with one attached hydrogen (secondary N) is 1. The fourth-order valence-electron chi connectivity index (χ4n) is 2.18. The first-order chi connectivity index (χ1) is 9.56. The largest absolute Gasteiger partial charge is 0.396 e. The van der Waals surface area contributed by atoms with E-state index in [4.69, 9.17) is 5.73 Å². The minimum atomic E-state index is -0.470. The number of carbonyl (C=O) groups is 1. The zero-order valence-electron chi connectivity index (χ0n) is 11.6. The molecule has 1 aliphatic rings. The predicted molar refractivity (Wildman–Crippen MR) is 82.4 cm³/mol. The minimum absolute atomic E-state index is 0.0458. The molecule has 1 heterocycles. The van der Waals surface area contributed by atoms with Crippen molar-refractivity contribution >= 4 is 29.0 Å². The number of rotatable bonds is 4. The molecule has 1 aliphatic heterocycles. The molecule has 1 aromatic rings. The Morgan fingerprint density at radius 2 is 2.40 bits per heavy atom. The second-order valence-corrected chi connectivity index (χ2v) is 6.14. The summed E-state index contributed by atoms with van der Waals surface area (Å²) in [5.74, 6) is 1.71. The van der Waals surface area contributed by atoms with Gasteiger partial charge >= 0.3 is 0 Å². The Morgan fingerprint density at radius 3 is 3.10 bits per heavy atom. The van der Waals surface area contributed by atoms with Gasteiger partial charge in [-0.15, -0.1) is 0 Å². The van der Waals surface area contributed by atoms with Gasteiger partial charge in [0.15, 0.2) is 0 Å². The summed E-state index contributed by atoms with van der Waals surface area (Å²) < 4.78 is 13.0. The van der Waals surface area contributed by atoms with Gasteiger partial charge in [0.1, 0.15) is 5.82 Å². The summed E-state index contributed by atoms with van der Waals surface area (Å²) in [6.07, 6.45) is 0.437. The van der Waals surface area contributed by atoms with E-state index in [9.17, 15) is 9.18 Å². The second-order valence-electron chi connectivity index (χ2n) is 4.99. The van der Waals surface area contributed by atoms with Crippen LogP contribution in [0.2, 0.25) is 0 Å². The number of amides is 1. The van der Waals surface area contributed by atoms with Crippen LogP contribution in [0, 0.1) is 5.82 Å². The number of hydrogen-bond donors (Lipinski definition) is 2. The molecule has 3 N–H and O–H groups in total. The minimum Gasteiger partial charge on any atom is -0.396 e. The lowest BCUT2D eigenvalue weighted by atomic mass is 10.2. The molecule has 1 saturated heterocycles. The van der Waals surface area contributed by atoms with Gasteiger partial charge in [0.25, 0.3) is 0 Å². The Hall–Kier alpha value is -1.27. The molecule has 0 radical (unpaired) electrons. The number of nitrogen functional groups attached to an aromatic ring is 1. The van der Waals surface area contributed by atoms with Crippen LogP contribution in [0.25, 0.3) is 0 Å². The first-order valence-corrected chi connectivity index (χ1v) is 7.88. The van der Waals surface area contributed by atoms with E-state index in [1.807, 2.05) is 11.8 Å². The highest BCUT2D eigenvalue weighted by atomic mass is 32.2. The van der Waals surface area contributed by atoms with Gasteiger partial charge in [-0.2, -0.15) is 11.8 Å². The van der Waals surface area contributed by atoms with Crippen molar-refractivity contribution < 1.29 is 9.18 Å². The normalized spacial score (nSPS) is 19.8. The number of halogens is 1. The molecule has 20 heavy (non-hydrogen) atoms. The van der Waals surface area contributed by atoms with E-state index >= 15 is 0 Å². The van der Waals surface area contributed by atoms with Crippen LogP contribution < -0.4 is 11.1 Å². The number of benzene rings is 1. The molecule has 0 aliphatic carbocycles. The zero-order chi connectivity index (χ0) is 14.5. The first-order valence-electron chi connectivity index (χ1n) is 6.73. The van der Waals surface area contributed by atoms with Gasteiger partial charge in [0.05, 0.1) is 5.69 Å². The number of nitrogens with two attached hydrogens (primary N) is 1. The van der Waals surface area contributed by atoms with Crippen LogP contribution in [-0.2, 0) is 4.79 Å². The van der Waals surface area contributed by atoms with Gasteiger partial charge in [-0.3, -0.25) is 9.69 Å². The molecular weight excluding hydrogens is 277 g/mol. The van der Waals surface area contributed by atoms with Crippen LogP contribution in [0.15, 0.2) is 18.2 Å². The molecule has 0 aromatic heterocycles. The van der Waals surface area contributed by atoms with Crippen LogP contribution >= 0.6 is 11.8 Å². The van der Waals surface area contributed by atoms with Crippen molar-refractivity contribution in [1.82, 2.24) is 4.90 Å². The molecule has 0 bridgehead atoms. The molecule has 1 amide bonds. The lowest BCUT2D eigenvalue weighted by molar-refractivity contribution is -0.116. The van der Waals surface area contributed by atoms with E-state index in [2.05, 4.69) is 17.1 Å². The second kappa shape index (κ2) is 6.95. The van der Waals surface area contributed by atoms with Crippen molar-refractivity contribution in [2.75, 3.05) is 35.6 Å².